The number of rotatable bonds is 2. The smallest absolute Gasteiger partial charge is 0.258 e. The van der Waals surface area contributed by atoms with Gasteiger partial charge in [0.1, 0.15) is 17.6 Å². The largest absolute Gasteiger partial charge is 0.507 e. The maximum absolute atomic E-state index is 13.2. The lowest BCUT2D eigenvalue weighted by molar-refractivity contribution is -0.125. The van der Waals surface area contributed by atoms with Gasteiger partial charge >= 0.3 is 0 Å². The Kier molecular flexibility index (Phi) is 4.19. The lowest BCUT2D eigenvalue weighted by atomic mass is 10.1. The molecule has 0 saturated carbocycles. The first-order chi connectivity index (χ1) is 9.54. The van der Waals surface area contributed by atoms with E-state index in [9.17, 15) is 19.1 Å². The quantitative estimate of drug-likeness (QED) is 0.694. The molecular formula is C13H16FN3O3. The Morgan fingerprint density at radius 1 is 1.50 bits per heavy atom. The molecule has 3 N–H and O–H groups in total. The van der Waals surface area contributed by atoms with Crippen molar-refractivity contribution in [2.75, 3.05) is 26.7 Å². The minimum atomic E-state index is -0.677. The van der Waals surface area contributed by atoms with E-state index in [1.807, 2.05) is 0 Å². The van der Waals surface area contributed by atoms with Crippen LogP contribution in [0.25, 0.3) is 0 Å². The zero-order valence-electron chi connectivity index (χ0n) is 11.0. The van der Waals surface area contributed by atoms with Crippen LogP contribution in [0, 0.1) is 5.82 Å². The SMILES string of the molecule is CNC(=O)C1CNCCN1C(=O)c1cc(F)ccc1O. The van der Waals surface area contributed by atoms with Crippen LogP contribution >= 0.6 is 0 Å². The van der Waals surface area contributed by atoms with Gasteiger partial charge in [0.2, 0.25) is 5.91 Å². The number of hydrogen-bond acceptors (Lipinski definition) is 4. The van der Waals surface area contributed by atoms with Gasteiger partial charge < -0.3 is 20.6 Å². The lowest BCUT2D eigenvalue weighted by Crippen LogP contribution is -2.59. The van der Waals surface area contributed by atoms with E-state index in [0.29, 0.717) is 19.6 Å². The van der Waals surface area contributed by atoms with Crippen molar-refractivity contribution in [3.8, 4) is 5.75 Å². The second kappa shape index (κ2) is 5.87. The van der Waals surface area contributed by atoms with Crippen LogP contribution in [0.2, 0.25) is 0 Å². The van der Waals surface area contributed by atoms with Crippen molar-refractivity contribution < 1.29 is 19.1 Å². The number of halogens is 1. The molecule has 0 bridgehead atoms. The summed E-state index contributed by atoms with van der Waals surface area (Å²) in [5.74, 6) is -1.78. The van der Waals surface area contributed by atoms with Crippen LogP contribution < -0.4 is 10.6 Å². The number of benzene rings is 1. The van der Waals surface area contributed by atoms with Gasteiger partial charge in [0.15, 0.2) is 0 Å². The minimum absolute atomic E-state index is 0.138. The van der Waals surface area contributed by atoms with Gasteiger partial charge in [-0.05, 0) is 18.2 Å². The maximum atomic E-state index is 13.2. The monoisotopic (exact) mass is 281 g/mol. The van der Waals surface area contributed by atoms with Crippen LogP contribution in [0.15, 0.2) is 18.2 Å². The summed E-state index contributed by atoms with van der Waals surface area (Å²) in [6, 6.07) is 2.49. The number of hydrogen-bond donors (Lipinski definition) is 3. The molecule has 108 valence electrons. The number of piperazine rings is 1. The molecule has 0 aliphatic carbocycles. The van der Waals surface area contributed by atoms with Crippen molar-refractivity contribution >= 4 is 11.8 Å². The molecule has 1 unspecified atom stereocenters. The van der Waals surface area contributed by atoms with E-state index in [2.05, 4.69) is 10.6 Å². The van der Waals surface area contributed by atoms with E-state index in [0.717, 1.165) is 18.2 Å². The number of likely N-dealkylation sites (N-methyl/N-ethyl adjacent to an activating group) is 1. The summed E-state index contributed by atoms with van der Waals surface area (Å²) in [4.78, 5) is 25.5. The highest BCUT2D eigenvalue weighted by Gasteiger charge is 2.33. The van der Waals surface area contributed by atoms with Gasteiger partial charge in [-0.2, -0.15) is 0 Å². The van der Waals surface area contributed by atoms with Crippen molar-refractivity contribution in [1.29, 1.82) is 0 Å². The van der Waals surface area contributed by atoms with Crippen LogP contribution in [0.1, 0.15) is 10.4 Å². The Morgan fingerprint density at radius 3 is 2.95 bits per heavy atom. The number of phenolic OH excluding ortho intramolecular Hbond substituents is 1. The van der Waals surface area contributed by atoms with Gasteiger partial charge in [0.05, 0.1) is 5.56 Å². The Hall–Kier alpha value is -2.15. The molecular weight excluding hydrogens is 265 g/mol. The van der Waals surface area contributed by atoms with Crippen LogP contribution in [0.5, 0.6) is 5.75 Å². The number of carbonyl (C=O) groups excluding carboxylic acids is 2. The van der Waals surface area contributed by atoms with Gasteiger partial charge in [-0.3, -0.25) is 9.59 Å². The lowest BCUT2D eigenvalue weighted by Gasteiger charge is -2.35. The highest BCUT2D eigenvalue weighted by molar-refractivity contribution is 5.99. The Balaban J connectivity index is 2.30. The summed E-state index contributed by atoms with van der Waals surface area (Å²) in [5.41, 5.74) is -0.138. The predicted molar refractivity (Wildman–Crippen MR) is 69.8 cm³/mol. The van der Waals surface area contributed by atoms with Gasteiger partial charge in [-0.1, -0.05) is 0 Å². The van der Waals surface area contributed by atoms with E-state index in [-0.39, 0.29) is 17.2 Å². The van der Waals surface area contributed by atoms with Crippen molar-refractivity contribution in [1.82, 2.24) is 15.5 Å². The van der Waals surface area contributed by atoms with Crippen LogP contribution in [0.4, 0.5) is 4.39 Å². The summed E-state index contributed by atoms with van der Waals surface area (Å²) in [7, 11) is 1.49. The number of nitrogens with one attached hydrogen (secondary N) is 2. The van der Waals surface area contributed by atoms with E-state index in [4.69, 9.17) is 0 Å². The molecule has 2 amide bonds. The maximum Gasteiger partial charge on any atom is 0.258 e. The van der Waals surface area contributed by atoms with Gasteiger partial charge in [-0.15, -0.1) is 0 Å². The summed E-state index contributed by atoms with van der Waals surface area (Å²) < 4.78 is 13.2. The molecule has 1 heterocycles. The molecule has 1 aliphatic rings. The van der Waals surface area contributed by atoms with Crippen LogP contribution in [-0.2, 0) is 4.79 Å². The molecule has 0 aromatic heterocycles. The van der Waals surface area contributed by atoms with Gasteiger partial charge in [0.25, 0.3) is 5.91 Å². The zero-order chi connectivity index (χ0) is 14.7. The second-order valence-electron chi connectivity index (χ2n) is 4.49. The van der Waals surface area contributed by atoms with Gasteiger partial charge in [0, 0.05) is 26.7 Å². The normalized spacial score (nSPS) is 18.7. The predicted octanol–water partition coefficient (Wildman–Crippen LogP) is -0.309. The van der Waals surface area contributed by atoms with Crippen molar-refractivity contribution in [3.05, 3.63) is 29.6 Å². The molecule has 1 aromatic carbocycles. The topological polar surface area (TPSA) is 81.7 Å². The number of amides is 2. The first-order valence-corrected chi connectivity index (χ1v) is 6.26. The van der Waals surface area contributed by atoms with Crippen molar-refractivity contribution in [2.24, 2.45) is 0 Å². The Labute approximate surface area is 115 Å². The summed E-state index contributed by atoms with van der Waals surface area (Å²) in [6.45, 7) is 1.17. The Morgan fingerprint density at radius 2 is 2.25 bits per heavy atom. The van der Waals surface area contributed by atoms with E-state index < -0.39 is 17.8 Å². The molecule has 1 saturated heterocycles. The fourth-order valence-electron chi connectivity index (χ4n) is 2.18. The van der Waals surface area contributed by atoms with Crippen LogP contribution in [0.3, 0.4) is 0 Å². The minimum Gasteiger partial charge on any atom is -0.507 e. The highest BCUT2D eigenvalue weighted by Crippen LogP contribution is 2.21. The molecule has 1 aromatic rings. The third kappa shape index (κ3) is 2.72. The van der Waals surface area contributed by atoms with E-state index in [1.165, 1.54) is 11.9 Å². The molecule has 6 nitrogen and oxygen atoms in total. The van der Waals surface area contributed by atoms with Crippen molar-refractivity contribution in [2.45, 2.75) is 6.04 Å². The standard InChI is InChI=1S/C13H16FN3O3/c1-15-12(19)10-7-16-4-5-17(10)13(20)9-6-8(14)2-3-11(9)18/h2-3,6,10,16,18H,4-5,7H2,1H3,(H,15,19). The molecule has 1 aliphatic heterocycles. The van der Waals surface area contributed by atoms with Gasteiger partial charge in [-0.25, -0.2) is 4.39 Å². The summed E-state index contributed by atoms with van der Waals surface area (Å²) in [6.07, 6.45) is 0. The van der Waals surface area contributed by atoms with E-state index >= 15 is 0 Å². The first-order valence-electron chi connectivity index (χ1n) is 6.26. The number of carbonyl (C=O) groups is 2. The average molecular weight is 281 g/mol. The number of phenols is 1. The first kappa shape index (κ1) is 14.3. The zero-order valence-corrected chi connectivity index (χ0v) is 11.0. The molecule has 7 heteroatoms. The molecule has 0 radical (unpaired) electrons. The number of nitrogens with zero attached hydrogens (tertiary/aromatic N) is 1. The molecule has 0 spiro atoms. The Bertz CT molecular complexity index is 536. The average Bonchev–Trinajstić information content (AvgIpc) is 2.48. The summed E-state index contributed by atoms with van der Waals surface area (Å²) >= 11 is 0. The highest BCUT2D eigenvalue weighted by atomic mass is 19.1. The third-order valence-electron chi connectivity index (χ3n) is 3.24. The molecule has 2 rings (SSSR count). The second-order valence-corrected chi connectivity index (χ2v) is 4.49. The third-order valence-corrected chi connectivity index (χ3v) is 3.24. The fourth-order valence-corrected chi connectivity index (χ4v) is 2.18. The van der Waals surface area contributed by atoms with E-state index in [1.54, 1.807) is 0 Å². The van der Waals surface area contributed by atoms with Crippen LogP contribution in [-0.4, -0.2) is 54.5 Å². The molecule has 1 fully saturated rings. The molecule has 20 heavy (non-hydrogen) atoms. The number of aromatic hydroxyl groups is 1. The van der Waals surface area contributed by atoms with Crippen molar-refractivity contribution in [3.63, 3.8) is 0 Å². The fraction of sp³-hybridized carbons (Fsp3) is 0.385. The summed E-state index contributed by atoms with van der Waals surface area (Å²) in [5, 5.41) is 15.2. The molecule has 1 atom stereocenters.